The summed E-state index contributed by atoms with van der Waals surface area (Å²) in [6.45, 7) is 3.89. The van der Waals surface area contributed by atoms with Gasteiger partial charge in [0.15, 0.2) is 0 Å². The molecule has 1 aliphatic heterocycles. The summed E-state index contributed by atoms with van der Waals surface area (Å²) in [5.74, 6) is -1.39. The van der Waals surface area contributed by atoms with Crippen LogP contribution in [0, 0.1) is 5.92 Å². The van der Waals surface area contributed by atoms with Gasteiger partial charge in [-0.1, -0.05) is 44.2 Å². The summed E-state index contributed by atoms with van der Waals surface area (Å²) in [6.07, 6.45) is -5.49. The summed E-state index contributed by atoms with van der Waals surface area (Å²) < 4.78 is 75.6. The topological polar surface area (TPSA) is 129 Å². The van der Waals surface area contributed by atoms with Crippen molar-refractivity contribution in [1.29, 1.82) is 0 Å². The van der Waals surface area contributed by atoms with Crippen molar-refractivity contribution in [2.45, 2.75) is 56.1 Å². The summed E-state index contributed by atoms with van der Waals surface area (Å²) in [7, 11) is -1.03. The Bertz CT molecular complexity index is 1370. The minimum atomic E-state index is -4.93. The molecule has 256 valence electrons. The number of alkyl halides is 3. The van der Waals surface area contributed by atoms with Gasteiger partial charge in [-0.2, -0.15) is 4.31 Å². The average molecular weight is 673 g/mol. The van der Waals surface area contributed by atoms with Crippen molar-refractivity contribution in [3.8, 4) is 5.75 Å². The first kappa shape index (κ1) is 37.2. The van der Waals surface area contributed by atoms with Crippen LogP contribution in [0.1, 0.15) is 25.8 Å². The van der Waals surface area contributed by atoms with Gasteiger partial charge in [0, 0.05) is 39.8 Å². The van der Waals surface area contributed by atoms with Crippen LogP contribution < -0.4 is 10.1 Å². The van der Waals surface area contributed by atoms with Crippen LogP contribution in [0.2, 0.25) is 0 Å². The molecule has 0 unspecified atom stereocenters. The first-order valence-corrected chi connectivity index (χ1v) is 16.4. The molecule has 1 saturated heterocycles. The lowest BCUT2D eigenvalue weighted by atomic mass is 10.0. The van der Waals surface area contributed by atoms with E-state index in [1.54, 1.807) is 45.0 Å². The van der Waals surface area contributed by atoms with Crippen LogP contribution in [0.3, 0.4) is 0 Å². The molecule has 0 aromatic heterocycles. The maximum absolute atomic E-state index is 13.7. The Kier molecular flexibility index (Phi) is 13.4. The lowest BCUT2D eigenvalue weighted by molar-refractivity contribution is -0.274. The van der Waals surface area contributed by atoms with E-state index in [9.17, 15) is 36.3 Å². The van der Waals surface area contributed by atoms with Gasteiger partial charge in [-0.05, 0) is 48.6 Å². The molecule has 0 bridgehead atoms. The van der Waals surface area contributed by atoms with Crippen LogP contribution in [0.5, 0.6) is 5.75 Å². The number of nitrogens with one attached hydrogen (secondary N) is 1. The molecule has 11 nitrogen and oxygen atoms in total. The van der Waals surface area contributed by atoms with Gasteiger partial charge in [0.05, 0.1) is 36.7 Å². The molecular formula is C31H43F3N4O7S. The fourth-order valence-electron chi connectivity index (χ4n) is 5.00. The fourth-order valence-corrected chi connectivity index (χ4v) is 6.63. The van der Waals surface area contributed by atoms with E-state index in [1.807, 2.05) is 18.2 Å². The minimum Gasteiger partial charge on any atom is -0.406 e. The van der Waals surface area contributed by atoms with Gasteiger partial charge in [-0.25, -0.2) is 8.42 Å². The van der Waals surface area contributed by atoms with E-state index in [0.717, 1.165) is 34.1 Å². The number of aliphatic hydroxyl groups is 1. The molecule has 1 heterocycles. The van der Waals surface area contributed by atoms with Crippen LogP contribution in [0.25, 0.3) is 0 Å². The monoisotopic (exact) mass is 672 g/mol. The number of aliphatic hydroxyl groups excluding tert-OH is 1. The molecule has 3 atom stereocenters. The SMILES string of the molecule is CC(C)CN(C[C@@H](O)[C@H](Cc1ccccc1)NC(=O)CN(CC(=O)N(C)C)[C@H]1CCOC1)S(=O)(=O)c1ccc(OC(F)(F)F)cc1. The highest BCUT2D eigenvalue weighted by atomic mass is 32.2. The highest BCUT2D eigenvalue weighted by molar-refractivity contribution is 7.89. The highest BCUT2D eigenvalue weighted by Gasteiger charge is 2.34. The molecule has 0 aliphatic carbocycles. The van der Waals surface area contributed by atoms with Crippen molar-refractivity contribution in [2.24, 2.45) is 5.92 Å². The van der Waals surface area contributed by atoms with Crippen molar-refractivity contribution in [1.82, 2.24) is 19.4 Å². The maximum atomic E-state index is 13.7. The summed E-state index contributed by atoms with van der Waals surface area (Å²) in [4.78, 5) is 28.8. The van der Waals surface area contributed by atoms with Gasteiger partial charge in [0.25, 0.3) is 0 Å². The smallest absolute Gasteiger partial charge is 0.406 e. The molecular weight excluding hydrogens is 629 g/mol. The first-order chi connectivity index (χ1) is 21.5. The van der Waals surface area contributed by atoms with E-state index in [1.165, 1.54) is 4.90 Å². The Morgan fingerprint density at radius 2 is 1.70 bits per heavy atom. The summed E-state index contributed by atoms with van der Waals surface area (Å²) in [5, 5.41) is 14.3. The lowest BCUT2D eigenvalue weighted by Crippen LogP contribution is -2.54. The fraction of sp³-hybridized carbons (Fsp3) is 0.548. The maximum Gasteiger partial charge on any atom is 0.573 e. The molecule has 2 aromatic rings. The average Bonchev–Trinajstić information content (AvgIpc) is 3.51. The second kappa shape index (κ2) is 16.5. The number of halogens is 3. The number of carbonyl (C=O) groups is 2. The number of nitrogens with zero attached hydrogens (tertiary/aromatic N) is 3. The van der Waals surface area contributed by atoms with Gasteiger partial charge >= 0.3 is 6.36 Å². The molecule has 3 rings (SSSR count). The number of likely N-dealkylation sites (N-methyl/N-ethyl adjacent to an activating group) is 1. The Hall–Kier alpha value is -3.24. The molecule has 15 heteroatoms. The Morgan fingerprint density at radius 3 is 2.24 bits per heavy atom. The summed E-state index contributed by atoms with van der Waals surface area (Å²) >= 11 is 0. The third kappa shape index (κ3) is 11.5. The van der Waals surface area contributed by atoms with E-state index < -0.39 is 46.7 Å². The largest absolute Gasteiger partial charge is 0.573 e. The van der Waals surface area contributed by atoms with Crippen molar-refractivity contribution in [3.63, 3.8) is 0 Å². The van der Waals surface area contributed by atoms with E-state index >= 15 is 0 Å². The van der Waals surface area contributed by atoms with Crippen LogP contribution in [-0.2, 0) is 30.8 Å². The van der Waals surface area contributed by atoms with Crippen molar-refractivity contribution < 1.29 is 45.8 Å². The van der Waals surface area contributed by atoms with E-state index in [4.69, 9.17) is 4.74 Å². The minimum absolute atomic E-state index is 0.00565. The number of ether oxygens (including phenoxy) is 2. The highest BCUT2D eigenvalue weighted by Crippen LogP contribution is 2.26. The third-order valence-corrected chi connectivity index (χ3v) is 9.22. The number of sulfonamides is 1. The molecule has 0 saturated carbocycles. The second-order valence-corrected chi connectivity index (χ2v) is 13.8. The zero-order valence-electron chi connectivity index (χ0n) is 26.4. The Balaban J connectivity index is 1.83. The molecule has 2 amide bonds. The number of hydrogen-bond donors (Lipinski definition) is 2. The number of carbonyl (C=O) groups excluding carboxylic acids is 2. The molecule has 2 aromatic carbocycles. The third-order valence-electron chi connectivity index (χ3n) is 7.37. The van der Waals surface area contributed by atoms with E-state index in [-0.39, 0.29) is 48.8 Å². The number of rotatable bonds is 16. The van der Waals surface area contributed by atoms with E-state index in [2.05, 4.69) is 10.1 Å². The molecule has 1 fully saturated rings. The lowest BCUT2D eigenvalue weighted by Gasteiger charge is -2.32. The van der Waals surface area contributed by atoms with Gasteiger partial charge in [-0.15, -0.1) is 13.2 Å². The number of hydrogen-bond acceptors (Lipinski definition) is 8. The van der Waals surface area contributed by atoms with Crippen LogP contribution in [0.4, 0.5) is 13.2 Å². The van der Waals surface area contributed by atoms with Crippen LogP contribution >= 0.6 is 0 Å². The first-order valence-electron chi connectivity index (χ1n) is 14.9. The Labute approximate surface area is 268 Å². The summed E-state index contributed by atoms with van der Waals surface area (Å²) in [6, 6.07) is 11.8. The molecule has 1 aliphatic rings. The van der Waals surface area contributed by atoms with Gasteiger partial charge in [-0.3, -0.25) is 14.5 Å². The van der Waals surface area contributed by atoms with Crippen molar-refractivity contribution >= 4 is 21.8 Å². The van der Waals surface area contributed by atoms with Crippen molar-refractivity contribution in [2.75, 3.05) is 53.5 Å². The quantitative estimate of drug-likeness (QED) is 0.279. The number of benzene rings is 2. The Morgan fingerprint density at radius 1 is 1.04 bits per heavy atom. The van der Waals surface area contributed by atoms with Gasteiger partial charge in [0.1, 0.15) is 5.75 Å². The molecule has 0 radical (unpaired) electrons. The van der Waals surface area contributed by atoms with E-state index in [0.29, 0.717) is 19.6 Å². The van der Waals surface area contributed by atoms with Gasteiger partial charge in [0.2, 0.25) is 21.8 Å². The predicted molar refractivity (Wildman–Crippen MR) is 164 cm³/mol. The standard InChI is InChI=1S/C31H43F3N4O7S/c1-22(2)17-38(46(42,43)26-12-10-25(11-13-26)45-31(32,33)34)18-28(39)27(16-23-8-6-5-7-9-23)35-29(40)19-37(20-30(41)36(3)4)24-14-15-44-21-24/h5-13,22,24,27-28,39H,14-21H2,1-4H3,(H,35,40)/t24-,27-,28+/m0/s1. The molecule has 2 N–H and O–H groups in total. The summed E-state index contributed by atoms with van der Waals surface area (Å²) in [5.41, 5.74) is 0.786. The van der Waals surface area contributed by atoms with Crippen molar-refractivity contribution in [3.05, 3.63) is 60.2 Å². The second-order valence-electron chi connectivity index (χ2n) is 11.9. The number of amides is 2. The predicted octanol–water partition coefficient (Wildman–Crippen LogP) is 2.50. The normalized spacial score (nSPS) is 16.9. The van der Waals surface area contributed by atoms with Gasteiger partial charge < -0.3 is 24.8 Å². The zero-order chi connectivity index (χ0) is 34.1. The molecule has 46 heavy (non-hydrogen) atoms. The zero-order valence-corrected chi connectivity index (χ0v) is 27.3. The molecule has 0 spiro atoms. The van der Waals surface area contributed by atoms with Crippen LogP contribution in [0.15, 0.2) is 59.5 Å². The van der Waals surface area contributed by atoms with Crippen LogP contribution in [-0.4, -0.2) is 117 Å².